The molecule has 0 bridgehead atoms. The molecule has 178 valence electrons. The van der Waals surface area contributed by atoms with Gasteiger partial charge in [0.2, 0.25) is 0 Å². The van der Waals surface area contributed by atoms with Gasteiger partial charge >= 0.3 is 0 Å². The predicted octanol–water partition coefficient (Wildman–Crippen LogP) is 6.49. The van der Waals surface area contributed by atoms with Gasteiger partial charge < -0.3 is 14.8 Å². The number of hydrogen-bond acceptors (Lipinski definition) is 4. The van der Waals surface area contributed by atoms with Crippen molar-refractivity contribution >= 4 is 6.08 Å². The summed E-state index contributed by atoms with van der Waals surface area (Å²) in [6.45, 7) is 1.70. The van der Waals surface area contributed by atoms with Crippen molar-refractivity contribution in [2.24, 2.45) is 0 Å². The SMILES string of the molecule is COCc1ccccc1.COc1ccc2c(c1)C(/C=C/c1ccc(-c3cccnc3)cc1)NCC2. The maximum atomic E-state index is 5.39. The molecule has 0 aliphatic carbocycles. The van der Waals surface area contributed by atoms with Crippen molar-refractivity contribution in [2.75, 3.05) is 20.8 Å². The van der Waals surface area contributed by atoms with Gasteiger partial charge in [-0.25, -0.2) is 0 Å². The smallest absolute Gasteiger partial charge is 0.119 e. The Morgan fingerprint density at radius 3 is 2.46 bits per heavy atom. The van der Waals surface area contributed by atoms with Crippen LogP contribution in [0.4, 0.5) is 0 Å². The maximum Gasteiger partial charge on any atom is 0.119 e. The normalized spacial score (nSPS) is 14.6. The number of hydrogen-bond donors (Lipinski definition) is 1. The summed E-state index contributed by atoms with van der Waals surface area (Å²) in [6, 6.07) is 29.3. The van der Waals surface area contributed by atoms with Crippen molar-refractivity contribution in [3.63, 3.8) is 0 Å². The summed E-state index contributed by atoms with van der Waals surface area (Å²) in [7, 11) is 3.42. The second kappa shape index (κ2) is 12.7. The fourth-order valence-electron chi connectivity index (χ4n) is 4.13. The lowest BCUT2D eigenvalue weighted by atomic mass is 9.93. The molecule has 0 amide bonds. The molecular formula is C31H32N2O2. The van der Waals surface area contributed by atoms with Gasteiger partial charge in [0.15, 0.2) is 0 Å². The minimum absolute atomic E-state index is 0.215. The minimum Gasteiger partial charge on any atom is -0.497 e. The Bertz CT molecular complexity index is 1210. The van der Waals surface area contributed by atoms with Crippen molar-refractivity contribution in [1.29, 1.82) is 0 Å². The number of aromatic nitrogens is 1. The Labute approximate surface area is 208 Å². The average Bonchev–Trinajstić information content (AvgIpc) is 2.93. The standard InChI is InChI=1S/C23H22N2O.C8H10O/c1-26-21-10-9-19-12-14-25-23(22(19)15-21)11-6-17-4-7-18(8-5-17)20-3-2-13-24-16-20;1-9-7-8-5-3-2-4-6-8/h2-11,13,15-16,23,25H,12,14H2,1H3;2-6H,7H2,1H3/b11-6+;. The summed E-state index contributed by atoms with van der Waals surface area (Å²) in [5.74, 6) is 0.909. The summed E-state index contributed by atoms with van der Waals surface area (Å²) < 4.78 is 10.3. The van der Waals surface area contributed by atoms with Crippen molar-refractivity contribution in [1.82, 2.24) is 10.3 Å². The zero-order valence-corrected chi connectivity index (χ0v) is 20.4. The van der Waals surface area contributed by atoms with E-state index in [1.807, 2.05) is 48.7 Å². The Hall–Kier alpha value is -3.73. The summed E-state index contributed by atoms with van der Waals surface area (Å²) >= 11 is 0. The summed E-state index contributed by atoms with van der Waals surface area (Å²) in [5.41, 5.74) is 7.43. The third kappa shape index (κ3) is 6.89. The van der Waals surface area contributed by atoms with Crippen molar-refractivity contribution in [2.45, 2.75) is 19.1 Å². The molecule has 5 rings (SSSR count). The Balaban J connectivity index is 0.000000271. The van der Waals surface area contributed by atoms with Gasteiger partial charge in [0.25, 0.3) is 0 Å². The molecule has 4 aromatic rings. The largest absolute Gasteiger partial charge is 0.497 e. The maximum absolute atomic E-state index is 5.39. The van der Waals surface area contributed by atoms with Crippen LogP contribution >= 0.6 is 0 Å². The molecule has 4 nitrogen and oxygen atoms in total. The van der Waals surface area contributed by atoms with Crippen LogP contribution in [-0.2, 0) is 17.8 Å². The van der Waals surface area contributed by atoms with Gasteiger partial charge in [0, 0.05) is 26.0 Å². The summed E-state index contributed by atoms with van der Waals surface area (Å²) in [5, 5.41) is 3.58. The van der Waals surface area contributed by atoms with Crippen LogP contribution in [-0.4, -0.2) is 25.7 Å². The molecule has 0 radical (unpaired) electrons. The van der Waals surface area contributed by atoms with Gasteiger partial charge in [-0.05, 0) is 58.0 Å². The highest BCUT2D eigenvalue weighted by Crippen LogP contribution is 2.28. The van der Waals surface area contributed by atoms with E-state index in [0.717, 1.165) is 24.3 Å². The van der Waals surface area contributed by atoms with Crippen LogP contribution in [0.3, 0.4) is 0 Å². The number of pyridine rings is 1. The number of benzene rings is 3. The molecule has 1 aromatic heterocycles. The molecule has 1 unspecified atom stereocenters. The van der Waals surface area contributed by atoms with Gasteiger partial charge in [-0.1, -0.05) is 78.9 Å². The number of nitrogens with one attached hydrogen (secondary N) is 1. The predicted molar refractivity (Wildman–Crippen MR) is 143 cm³/mol. The van der Waals surface area contributed by atoms with Crippen LogP contribution in [0.1, 0.15) is 28.3 Å². The van der Waals surface area contributed by atoms with Crippen molar-refractivity contribution in [3.8, 4) is 16.9 Å². The Kier molecular flexibility index (Phi) is 8.82. The van der Waals surface area contributed by atoms with E-state index in [1.54, 1.807) is 20.4 Å². The van der Waals surface area contributed by atoms with E-state index in [0.29, 0.717) is 6.61 Å². The van der Waals surface area contributed by atoms with Crippen molar-refractivity contribution in [3.05, 3.63) is 126 Å². The number of fused-ring (bicyclic) bond motifs is 1. The molecule has 0 saturated carbocycles. The lowest BCUT2D eigenvalue weighted by Crippen LogP contribution is -2.28. The minimum atomic E-state index is 0.215. The van der Waals surface area contributed by atoms with E-state index in [-0.39, 0.29) is 6.04 Å². The first-order valence-electron chi connectivity index (χ1n) is 11.9. The van der Waals surface area contributed by atoms with Gasteiger partial charge in [-0.2, -0.15) is 0 Å². The van der Waals surface area contributed by atoms with E-state index in [2.05, 4.69) is 64.9 Å². The molecule has 0 fully saturated rings. The molecule has 1 aliphatic rings. The summed E-state index contributed by atoms with van der Waals surface area (Å²) in [6.07, 6.45) is 9.16. The van der Waals surface area contributed by atoms with E-state index in [9.17, 15) is 0 Å². The molecule has 4 heteroatoms. The molecule has 1 aliphatic heterocycles. The van der Waals surface area contributed by atoms with E-state index >= 15 is 0 Å². The first kappa shape index (κ1) is 24.4. The Morgan fingerprint density at radius 1 is 0.914 bits per heavy atom. The quantitative estimate of drug-likeness (QED) is 0.354. The van der Waals surface area contributed by atoms with Gasteiger partial charge in [-0.3, -0.25) is 4.98 Å². The summed E-state index contributed by atoms with van der Waals surface area (Å²) in [4.78, 5) is 4.18. The first-order valence-corrected chi connectivity index (χ1v) is 11.9. The number of ether oxygens (including phenoxy) is 2. The third-order valence-corrected chi connectivity index (χ3v) is 5.99. The molecule has 0 saturated heterocycles. The number of rotatable bonds is 6. The topological polar surface area (TPSA) is 43.4 Å². The highest BCUT2D eigenvalue weighted by Gasteiger charge is 2.17. The zero-order valence-electron chi connectivity index (χ0n) is 20.4. The molecule has 1 atom stereocenters. The van der Waals surface area contributed by atoms with Gasteiger partial charge in [-0.15, -0.1) is 0 Å². The van der Waals surface area contributed by atoms with Crippen LogP contribution in [0.2, 0.25) is 0 Å². The third-order valence-electron chi connectivity index (χ3n) is 5.99. The van der Waals surface area contributed by atoms with Crippen LogP contribution < -0.4 is 10.1 Å². The number of nitrogens with zero attached hydrogens (tertiary/aromatic N) is 1. The van der Waals surface area contributed by atoms with Crippen LogP contribution in [0.25, 0.3) is 17.2 Å². The Morgan fingerprint density at radius 2 is 1.74 bits per heavy atom. The average molecular weight is 465 g/mol. The van der Waals surface area contributed by atoms with E-state index in [4.69, 9.17) is 9.47 Å². The van der Waals surface area contributed by atoms with Crippen molar-refractivity contribution < 1.29 is 9.47 Å². The lowest BCUT2D eigenvalue weighted by molar-refractivity contribution is 0.185. The molecular weight excluding hydrogens is 432 g/mol. The van der Waals surface area contributed by atoms with Gasteiger partial charge in [0.05, 0.1) is 19.8 Å². The monoisotopic (exact) mass is 464 g/mol. The van der Waals surface area contributed by atoms with E-state index < -0.39 is 0 Å². The fraction of sp³-hybridized carbons (Fsp3) is 0.194. The van der Waals surface area contributed by atoms with Crippen LogP contribution in [0, 0.1) is 0 Å². The lowest BCUT2D eigenvalue weighted by Gasteiger charge is -2.25. The molecule has 1 N–H and O–H groups in total. The highest BCUT2D eigenvalue weighted by atomic mass is 16.5. The number of methoxy groups -OCH3 is 2. The zero-order chi connectivity index (χ0) is 24.3. The molecule has 0 spiro atoms. The molecule has 35 heavy (non-hydrogen) atoms. The van der Waals surface area contributed by atoms with Crippen LogP contribution in [0.15, 0.2) is 103 Å². The first-order chi connectivity index (χ1) is 17.3. The molecule has 2 heterocycles. The molecule has 3 aromatic carbocycles. The second-order valence-corrected chi connectivity index (χ2v) is 8.39. The fourth-order valence-corrected chi connectivity index (χ4v) is 4.13. The highest BCUT2D eigenvalue weighted by molar-refractivity contribution is 5.65. The van der Waals surface area contributed by atoms with Gasteiger partial charge in [0.1, 0.15) is 5.75 Å². The van der Waals surface area contributed by atoms with E-state index in [1.165, 1.54) is 27.8 Å². The second-order valence-electron chi connectivity index (χ2n) is 8.39. The van der Waals surface area contributed by atoms with Crippen LogP contribution in [0.5, 0.6) is 5.75 Å².